The third-order valence-electron chi connectivity index (χ3n) is 3.96. The van der Waals surface area contributed by atoms with Gasteiger partial charge in [0.2, 0.25) is 0 Å². The van der Waals surface area contributed by atoms with E-state index in [-0.39, 0.29) is 5.60 Å². The molecule has 0 radical (unpaired) electrons. The summed E-state index contributed by atoms with van der Waals surface area (Å²) in [6.45, 7) is 14.0. The average molecular weight is 263 g/mol. The van der Waals surface area contributed by atoms with E-state index in [0.717, 1.165) is 13.0 Å². The van der Waals surface area contributed by atoms with Crippen molar-refractivity contribution in [2.24, 2.45) is 0 Å². The zero-order valence-electron chi connectivity index (χ0n) is 13.6. The monoisotopic (exact) mass is 263 g/mol. The van der Waals surface area contributed by atoms with E-state index in [9.17, 15) is 0 Å². The highest BCUT2D eigenvalue weighted by Gasteiger charge is 2.24. The molecule has 0 aliphatic rings. The molecule has 1 atom stereocenters. The van der Waals surface area contributed by atoms with Crippen LogP contribution >= 0.6 is 0 Å². The molecule has 0 saturated carbocycles. The summed E-state index contributed by atoms with van der Waals surface area (Å²) in [7, 11) is 1.79. The molecule has 0 heterocycles. The second-order valence-electron chi connectivity index (χ2n) is 6.07. The van der Waals surface area contributed by atoms with Crippen LogP contribution in [0.1, 0.15) is 55.5 Å². The van der Waals surface area contributed by atoms with Gasteiger partial charge in [-0.2, -0.15) is 0 Å². The molecule has 1 N–H and O–H groups in total. The molecule has 1 aromatic rings. The van der Waals surface area contributed by atoms with Gasteiger partial charge in [0, 0.05) is 13.2 Å². The van der Waals surface area contributed by atoms with Crippen LogP contribution in [0.25, 0.3) is 0 Å². The van der Waals surface area contributed by atoms with Gasteiger partial charge in [0.1, 0.15) is 0 Å². The van der Waals surface area contributed by atoms with Crippen LogP contribution in [0.2, 0.25) is 0 Å². The first-order valence-corrected chi connectivity index (χ1v) is 7.17. The van der Waals surface area contributed by atoms with Gasteiger partial charge in [0.15, 0.2) is 0 Å². The van der Waals surface area contributed by atoms with Crippen LogP contribution in [-0.2, 0) is 4.74 Å². The van der Waals surface area contributed by atoms with Crippen molar-refractivity contribution in [3.05, 3.63) is 34.4 Å². The van der Waals surface area contributed by atoms with Crippen LogP contribution in [0.3, 0.4) is 0 Å². The van der Waals surface area contributed by atoms with E-state index in [1.54, 1.807) is 7.11 Å². The Labute approximate surface area is 118 Å². The van der Waals surface area contributed by atoms with Crippen molar-refractivity contribution in [1.82, 2.24) is 5.32 Å². The Bertz CT molecular complexity index is 424. The van der Waals surface area contributed by atoms with Crippen LogP contribution in [0.15, 0.2) is 12.1 Å². The van der Waals surface area contributed by atoms with Crippen molar-refractivity contribution in [3.8, 4) is 0 Å². The minimum absolute atomic E-state index is 0.113. The van der Waals surface area contributed by atoms with E-state index in [1.807, 2.05) is 0 Å². The number of aryl methyl sites for hydroxylation is 3. The van der Waals surface area contributed by atoms with Crippen molar-refractivity contribution in [3.63, 3.8) is 0 Å². The first-order valence-electron chi connectivity index (χ1n) is 7.17. The predicted octanol–water partition coefficient (Wildman–Crippen LogP) is 4.08. The topological polar surface area (TPSA) is 21.3 Å². The minimum Gasteiger partial charge on any atom is -0.379 e. The Hall–Kier alpha value is -0.860. The normalized spacial score (nSPS) is 13.6. The molecule has 108 valence electrons. The van der Waals surface area contributed by atoms with Crippen LogP contribution < -0.4 is 5.32 Å². The number of benzene rings is 1. The molecule has 0 amide bonds. The van der Waals surface area contributed by atoms with Crippen LogP contribution in [0, 0.1) is 20.8 Å². The molecule has 2 heteroatoms. The highest BCUT2D eigenvalue weighted by atomic mass is 16.5. The van der Waals surface area contributed by atoms with E-state index < -0.39 is 0 Å². The fourth-order valence-electron chi connectivity index (χ4n) is 2.47. The maximum absolute atomic E-state index is 5.59. The molecule has 1 rings (SSSR count). The quantitative estimate of drug-likeness (QED) is 0.835. The molecule has 2 nitrogen and oxygen atoms in total. The van der Waals surface area contributed by atoms with Crippen molar-refractivity contribution >= 4 is 0 Å². The summed E-state index contributed by atoms with van der Waals surface area (Å²) in [5.74, 6) is 0. The Morgan fingerprint density at radius 2 is 1.68 bits per heavy atom. The van der Waals surface area contributed by atoms with Gasteiger partial charge in [0.25, 0.3) is 0 Å². The summed E-state index contributed by atoms with van der Waals surface area (Å²) in [5.41, 5.74) is 5.37. The maximum Gasteiger partial charge on any atom is 0.0640 e. The summed E-state index contributed by atoms with van der Waals surface area (Å²) in [6, 6.07) is 4.96. The van der Waals surface area contributed by atoms with E-state index in [2.05, 4.69) is 59.0 Å². The molecule has 0 saturated heterocycles. The number of ether oxygens (including phenoxy) is 1. The molecule has 19 heavy (non-hydrogen) atoms. The average Bonchev–Trinajstić information content (AvgIpc) is 2.33. The Balaban J connectivity index is 3.09. The van der Waals surface area contributed by atoms with Crippen molar-refractivity contribution in [2.45, 2.75) is 59.6 Å². The second-order valence-corrected chi connectivity index (χ2v) is 6.07. The van der Waals surface area contributed by atoms with Crippen LogP contribution in [0.5, 0.6) is 0 Å². The highest BCUT2D eigenvalue weighted by molar-refractivity contribution is 5.38. The molecule has 0 aliphatic carbocycles. The fourth-order valence-corrected chi connectivity index (χ4v) is 2.47. The van der Waals surface area contributed by atoms with Gasteiger partial charge < -0.3 is 10.1 Å². The smallest absolute Gasteiger partial charge is 0.0640 e. The van der Waals surface area contributed by atoms with E-state index in [1.165, 1.54) is 22.3 Å². The third kappa shape index (κ3) is 4.32. The van der Waals surface area contributed by atoms with Gasteiger partial charge in [-0.15, -0.1) is 0 Å². The lowest BCUT2D eigenvalue weighted by molar-refractivity contribution is 0.00692. The molecule has 0 spiro atoms. The molecular weight excluding hydrogens is 234 g/mol. The first kappa shape index (κ1) is 16.2. The molecule has 0 aromatic heterocycles. The predicted molar refractivity (Wildman–Crippen MR) is 82.8 cm³/mol. The standard InChI is InChI=1S/C17H29NO/c1-8-18-16(11-17(5,6)19-7)15-10-13(3)12(2)9-14(15)4/h9-10,16,18H,8,11H2,1-7H3. The summed E-state index contributed by atoms with van der Waals surface area (Å²) < 4.78 is 5.59. The number of rotatable bonds is 6. The second kappa shape index (κ2) is 6.53. The lowest BCUT2D eigenvalue weighted by atomic mass is 9.89. The van der Waals surface area contributed by atoms with Crippen molar-refractivity contribution in [1.29, 1.82) is 0 Å². The summed E-state index contributed by atoms with van der Waals surface area (Å²) in [5, 5.41) is 3.60. The van der Waals surface area contributed by atoms with Gasteiger partial charge >= 0.3 is 0 Å². The van der Waals surface area contributed by atoms with Gasteiger partial charge in [-0.05, 0) is 69.8 Å². The zero-order valence-corrected chi connectivity index (χ0v) is 13.6. The minimum atomic E-state index is -0.113. The van der Waals surface area contributed by atoms with Gasteiger partial charge in [-0.25, -0.2) is 0 Å². The molecule has 0 aliphatic heterocycles. The van der Waals surface area contributed by atoms with Crippen molar-refractivity contribution < 1.29 is 4.74 Å². The molecule has 0 fully saturated rings. The highest BCUT2D eigenvalue weighted by Crippen LogP contribution is 2.29. The van der Waals surface area contributed by atoms with Crippen LogP contribution in [0.4, 0.5) is 0 Å². The van der Waals surface area contributed by atoms with E-state index in [4.69, 9.17) is 4.74 Å². The Kier molecular flexibility index (Phi) is 5.57. The molecule has 1 unspecified atom stereocenters. The molecule has 1 aromatic carbocycles. The lowest BCUT2D eigenvalue weighted by Gasteiger charge is -2.30. The van der Waals surface area contributed by atoms with E-state index >= 15 is 0 Å². The number of nitrogens with one attached hydrogen (secondary N) is 1. The summed E-state index contributed by atoms with van der Waals surface area (Å²) in [4.78, 5) is 0. The number of hydrogen-bond donors (Lipinski definition) is 1. The molecule has 0 bridgehead atoms. The van der Waals surface area contributed by atoms with Gasteiger partial charge in [-0.1, -0.05) is 19.1 Å². The lowest BCUT2D eigenvalue weighted by Crippen LogP contribution is -2.32. The van der Waals surface area contributed by atoms with Crippen molar-refractivity contribution in [2.75, 3.05) is 13.7 Å². The van der Waals surface area contributed by atoms with Gasteiger partial charge in [-0.3, -0.25) is 0 Å². The number of methoxy groups -OCH3 is 1. The van der Waals surface area contributed by atoms with Crippen LogP contribution in [-0.4, -0.2) is 19.3 Å². The van der Waals surface area contributed by atoms with E-state index in [0.29, 0.717) is 6.04 Å². The zero-order chi connectivity index (χ0) is 14.6. The largest absolute Gasteiger partial charge is 0.379 e. The molecular formula is C17H29NO. The van der Waals surface area contributed by atoms with Gasteiger partial charge in [0.05, 0.1) is 5.60 Å². The fraction of sp³-hybridized carbons (Fsp3) is 0.647. The number of hydrogen-bond acceptors (Lipinski definition) is 2. The first-order chi connectivity index (χ1) is 8.80. The Morgan fingerprint density at radius 1 is 1.11 bits per heavy atom. The third-order valence-corrected chi connectivity index (χ3v) is 3.96. The SMILES string of the molecule is CCNC(CC(C)(C)OC)c1cc(C)c(C)cc1C. The summed E-state index contributed by atoms with van der Waals surface area (Å²) >= 11 is 0. The Morgan fingerprint density at radius 3 is 2.21 bits per heavy atom. The maximum atomic E-state index is 5.59. The summed E-state index contributed by atoms with van der Waals surface area (Å²) in [6.07, 6.45) is 0.973.